The highest BCUT2D eigenvalue weighted by Gasteiger charge is 2.30. The highest BCUT2D eigenvalue weighted by Crippen LogP contribution is 2.43. The van der Waals surface area contributed by atoms with E-state index in [-0.39, 0.29) is 0 Å². The van der Waals surface area contributed by atoms with Gasteiger partial charge in [-0.1, -0.05) is 71.4 Å². The quantitative estimate of drug-likeness (QED) is 0.523. The van der Waals surface area contributed by atoms with Gasteiger partial charge < -0.3 is 0 Å². The van der Waals surface area contributed by atoms with Gasteiger partial charge in [-0.05, 0) is 69.1 Å². The molecule has 0 aromatic rings. The Morgan fingerprint density at radius 2 is 1.26 bits per heavy atom. The Kier molecular flexibility index (Phi) is 4.50. The molecule has 120 valence electrons. The van der Waals surface area contributed by atoms with Gasteiger partial charge >= 0.3 is 0 Å². The minimum absolute atomic E-state index is 0.824. The molecule has 0 aromatic carbocycles. The van der Waals surface area contributed by atoms with Gasteiger partial charge in [0.05, 0.1) is 0 Å². The summed E-state index contributed by atoms with van der Waals surface area (Å²) < 4.78 is 0. The van der Waals surface area contributed by atoms with Gasteiger partial charge in [-0.15, -0.1) is 0 Å². The minimum atomic E-state index is 0.824. The zero-order valence-corrected chi connectivity index (χ0v) is 14.1. The topological polar surface area (TPSA) is 0 Å². The van der Waals surface area contributed by atoms with Crippen LogP contribution in [0.5, 0.6) is 0 Å². The summed E-state index contributed by atoms with van der Waals surface area (Å²) in [6.07, 6.45) is 31.4. The molecular weight excluding hydrogens is 276 g/mol. The summed E-state index contributed by atoms with van der Waals surface area (Å²) in [4.78, 5) is 0. The van der Waals surface area contributed by atoms with Crippen LogP contribution in [-0.4, -0.2) is 0 Å². The molecule has 0 amide bonds. The van der Waals surface area contributed by atoms with Crippen LogP contribution in [0.4, 0.5) is 0 Å². The van der Waals surface area contributed by atoms with Crippen molar-refractivity contribution >= 4 is 0 Å². The molecule has 2 unspecified atom stereocenters. The van der Waals surface area contributed by atoms with Crippen LogP contribution in [0.15, 0.2) is 71.4 Å². The Morgan fingerprint density at radius 3 is 1.74 bits per heavy atom. The standard InChI is InChI=1S/C23H28/c1-2-8-18(7-1)15-19-16-22(20-9-3-4-10-20)13-14-23(17-19)21-11-5-6-12-21/h1-7,9,11,19,22-23H,8,10,12-17H2/t19?,22-,23?/m1/s1. The summed E-state index contributed by atoms with van der Waals surface area (Å²) in [5.41, 5.74) is 5.06. The average molecular weight is 304 g/mol. The van der Waals surface area contributed by atoms with Crippen molar-refractivity contribution in [2.45, 2.75) is 51.4 Å². The fraction of sp³-hybridized carbons (Fsp3) is 0.478. The van der Waals surface area contributed by atoms with Gasteiger partial charge in [0.1, 0.15) is 0 Å². The smallest absolute Gasteiger partial charge is 0.0130 e. The summed E-state index contributed by atoms with van der Waals surface area (Å²) in [7, 11) is 0. The van der Waals surface area contributed by atoms with E-state index in [1.165, 1.54) is 51.4 Å². The molecule has 0 bridgehead atoms. The zero-order chi connectivity index (χ0) is 15.5. The number of hydrogen-bond donors (Lipinski definition) is 0. The van der Waals surface area contributed by atoms with E-state index in [0.29, 0.717) is 0 Å². The van der Waals surface area contributed by atoms with Crippen LogP contribution in [0.1, 0.15) is 51.4 Å². The van der Waals surface area contributed by atoms with Crippen LogP contribution in [0, 0.1) is 17.8 Å². The first-order chi connectivity index (χ1) is 11.4. The Bertz CT molecular complexity index is 580. The fourth-order valence-electron chi connectivity index (χ4n) is 4.93. The lowest BCUT2D eigenvalue weighted by atomic mass is 9.82. The Morgan fingerprint density at radius 1 is 0.696 bits per heavy atom. The maximum absolute atomic E-state index is 2.40. The number of allylic oxidation sites excluding steroid dienone is 12. The van der Waals surface area contributed by atoms with Gasteiger partial charge in [-0.25, -0.2) is 0 Å². The molecule has 0 heterocycles. The van der Waals surface area contributed by atoms with E-state index in [0.717, 1.165) is 17.8 Å². The molecule has 0 spiro atoms. The average Bonchev–Trinajstić information content (AvgIpc) is 3.30. The molecule has 4 aliphatic carbocycles. The predicted molar refractivity (Wildman–Crippen MR) is 99.1 cm³/mol. The van der Waals surface area contributed by atoms with E-state index in [1.807, 2.05) is 0 Å². The monoisotopic (exact) mass is 304 g/mol. The van der Waals surface area contributed by atoms with Gasteiger partial charge in [0, 0.05) is 0 Å². The van der Waals surface area contributed by atoms with Crippen LogP contribution in [-0.2, 0) is 0 Å². The fourth-order valence-corrected chi connectivity index (χ4v) is 4.93. The SMILES string of the molecule is C1=CCC(CC2CC(C3=CC=CC3)CC[C@@H](C3=CC=CC3)C2)=C1. The summed E-state index contributed by atoms with van der Waals surface area (Å²) in [6.45, 7) is 0. The lowest BCUT2D eigenvalue weighted by Crippen LogP contribution is -2.11. The largest absolute Gasteiger partial charge is 0.0805 e. The van der Waals surface area contributed by atoms with Gasteiger partial charge in [0.25, 0.3) is 0 Å². The summed E-state index contributed by atoms with van der Waals surface area (Å²) >= 11 is 0. The van der Waals surface area contributed by atoms with Gasteiger partial charge in [-0.3, -0.25) is 0 Å². The van der Waals surface area contributed by atoms with Crippen molar-refractivity contribution in [3.8, 4) is 0 Å². The molecule has 4 rings (SSSR count). The van der Waals surface area contributed by atoms with E-state index >= 15 is 0 Å². The summed E-state index contributed by atoms with van der Waals surface area (Å²) in [5, 5.41) is 0. The van der Waals surface area contributed by atoms with E-state index in [1.54, 1.807) is 16.7 Å². The third-order valence-electron chi connectivity index (χ3n) is 6.15. The zero-order valence-electron chi connectivity index (χ0n) is 14.1. The van der Waals surface area contributed by atoms with Crippen molar-refractivity contribution in [1.82, 2.24) is 0 Å². The van der Waals surface area contributed by atoms with Crippen molar-refractivity contribution in [2.75, 3.05) is 0 Å². The molecule has 0 saturated heterocycles. The van der Waals surface area contributed by atoms with Crippen molar-refractivity contribution < 1.29 is 0 Å². The molecule has 0 nitrogen and oxygen atoms in total. The minimum Gasteiger partial charge on any atom is -0.0805 e. The molecule has 0 heteroatoms. The highest BCUT2D eigenvalue weighted by molar-refractivity contribution is 5.28. The first-order valence-electron chi connectivity index (χ1n) is 9.44. The van der Waals surface area contributed by atoms with Crippen LogP contribution in [0.2, 0.25) is 0 Å². The van der Waals surface area contributed by atoms with Gasteiger partial charge in [0.2, 0.25) is 0 Å². The molecule has 4 aliphatic rings. The second-order valence-electron chi connectivity index (χ2n) is 7.72. The van der Waals surface area contributed by atoms with Crippen LogP contribution < -0.4 is 0 Å². The van der Waals surface area contributed by atoms with Crippen molar-refractivity contribution in [3.63, 3.8) is 0 Å². The summed E-state index contributed by atoms with van der Waals surface area (Å²) in [6, 6.07) is 0. The molecule has 0 radical (unpaired) electrons. The lowest BCUT2D eigenvalue weighted by molar-refractivity contribution is 0.382. The maximum atomic E-state index is 2.40. The van der Waals surface area contributed by atoms with E-state index < -0.39 is 0 Å². The van der Waals surface area contributed by atoms with Crippen molar-refractivity contribution in [2.24, 2.45) is 17.8 Å². The third-order valence-corrected chi connectivity index (χ3v) is 6.15. The predicted octanol–water partition coefficient (Wildman–Crippen LogP) is 6.46. The first-order valence-corrected chi connectivity index (χ1v) is 9.44. The Labute approximate surface area is 141 Å². The second kappa shape index (κ2) is 6.91. The van der Waals surface area contributed by atoms with Crippen LogP contribution >= 0.6 is 0 Å². The molecule has 1 fully saturated rings. The molecule has 23 heavy (non-hydrogen) atoms. The Balaban J connectivity index is 1.48. The van der Waals surface area contributed by atoms with Crippen molar-refractivity contribution in [1.29, 1.82) is 0 Å². The molecule has 0 aliphatic heterocycles. The third kappa shape index (κ3) is 3.52. The summed E-state index contributed by atoms with van der Waals surface area (Å²) in [5.74, 6) is 2.51. The van der Waals surface area contributed by atoms with E-state index in [2.05, 4.69) is 54.7 Å². The lowest BCUT2D eigenvalue weighted by Gasteiger charge is -2.23. The van der Waals surface area contributed by atoms with Crippen LogP contribution in [0.25, 0.3) is 0 Å². The molecule has 0 aromatic heterocycles. The molecule has 1 saturated carbocycles. The first kappa shape index (κ1) is 15.0. The number of hydrogen-bond acceptors (Lipinski definition) is 0. The molecule has 0 N–H and O–H groups in total. The van der Waals surface area contributed by atoms with Crippen LogP contribution in [0.3, 0.4) is 0 Å². The maximum Gasteiger partial charge on any atom is -0.0130 e. The molecular formula is C23H28. The second-order valence-corrected chi connectivity index (χ2v) is 7.72. The molecule has 3 atom stereocenters. The Hall–Kier alpha value is -1.56. The normalized spacial score (nSPS) is 32.9. The van der Waals surface area contributed by atoms with Gasteiger partial charge in [-0.2, -0.15) is 0 Å². The number of rotatable bonds is 4. The van der Waals surface area contributed by atoms with Gasteiger partial charge in [0.15, 0.2) is 0 Å². The van der Waals surface area contributed by atoms with E-state index in [4.69, 9.17) is 0 Å². The highest BCUT2D eigenvalue weighted by atomic mass is 14.3. The van der Waals surface area contributed by atoms with E-state index in [9.17, 15) is 0 Å². The van der Waals surface area contributed by atoms with Crippen molar-refractivity contribution in [3.05, 3.63) is 71.4 Å².